The van der Waals surface area contributed by atoms with E-state index in [4.69, 9.17) is 9.47 Å². The number of benzene rings is 2. The number of carbonyl (C=O) groups is 1. The third kappa shape index (κ3) is 6.10. The molecule has 0 fully saturated rings. The number of hydrogen-bond donors (Lipinski definition) is 1. The molecule has 27 heavy (non-hydrogen) atoms. The maximum absolute atomic E-state index is 11.9. The summed E-state index contributed by atoms with van der Waals surface area (Å²) in [6, 6.07) is 11.5. The highest BCUT2D eigenvalue weighted by atomic mass is 79.9. The Hall–Kier alpha value is -2.34. The first-order valence-corrected chi connectivity index (χ1v) is 9.39. The average Bonchev–Trinajstić information content (AvgIpc) is 2.60. The van der Waals surface area contributed by atoms with E-state index in [1.807, 2.05) is 43.3 Å². The van der Waals surface area contributed by atoms with Gasteiger partial charge in [-0.3, -0.25) is 4.79 Å². The van der Waals surface area contributed by atoms with Gasteiger partial charge in [0.05, 0.1) is 17.8 Å². The number of rotatable bonds is 6. The average molecular weight is 433 g/mol. The maximum atomic E-state index is 11.9. The molecule has 0 unspecified atom stereocenters. The van der Waals surface area contributed by atoms with Crippen LogP contribution in [0.4, 0.5) is 0 Å². The lowest BCUT2D eigenvalue weighted by molar-refractivity contribution is -0.123. The summed E-state index contributed by atoms with van der Waals surface area (Å²) in [4.78, 5) is 11.9. The Bertz CT molecular complexity index is 842. The Morgan fingerprint density at radius 3 is 2.48 bits per heavy atom. The molecule has 1 amide bonds. The van der Waals surface area contributed by atoms with Gasteiger partial charge in [-0.15, -0.1) is 0 Å². The Labute approximate surface area is 168 Å². The second-order valence-corrected chi connectivity index (χ2v) is 8.06. The molecule has 0 spiro atoms. The van der Waals surface area contributed by atoms with E-state index in [0.29, 0.717) is 5.75 Å². The normalized spacial score (nSPS) is 11.5. The Morgan fingerprint density at radius 1 is 1.19 bits per heavy atom. The molecule has 2 aromatic carbocycles. The fourth-order valence-electron chi connectivity index (χ4n) is 2.42. The summed E-state index contributed by atoms with van der Waals surface area (Å²) in [7, 11) is 1.63. The third-order valence-corrected chi connectivity index (χ3v) is 4.60. The molecule has 0 saturated carbocycles. The minimum absolute atomic E-state index is 0.0486. The molecule has 0 heterocycles. The summed E-state index contributed by atoms with van der Waals surface area (Å²) < 4.78 is 11.6. The van der Waals surface area contributed by atoms with Gasteiger partial charge in [0.1, 0.15) is 11.5 Å². The van der Waals surface area contributed by atoms with E-state index in [1.165, 1.54) is 5.56 Å². The first kappa shape index (κ1) is 21.0. The maximum Gasteiger partial charge on any atom is 0.277 e. The van der Waals surface area contributed by atoms with Crippen LogP contribution in [0.3, 0.4) is 0 Å². The van der Waals surface area contributed by atoms with Crippen LogP contribution in [-0.4, -0.2) is 25.8 Å². The van der Waals surface area contributed by atoms with Crippen molar-refractivity contribution in [2.24, 2.45) is 5.10 Å². The van der Waals surface area contributed by atoms with Crippen molar-refractivity contribution in [3.05, 3.63) is 57.6 Å². The van der Waals surface area contributed by atoms with E-state index in [9.17, 15) is 4.79 Å². The fraction of sp³-hybridized carbons (Fsp3) is 0.333. The van der Waals surface area contributed by atoms with Crippen molar-refractivity contribution in [1.82, 2.24) is 5.43 Å². The monoisotopic (exact) mass is 432 g/mol. The number of hydrazone groups is 1. The third-order valence-electron chi connectivity index (χ3n) is 3.98. The molecule has 0 aromatic heterocycles. The molecule has 0 aliphatic rings. The van der Waals surface area contributed by atoms with Crippen LogP contribution in [0.15, 0.2) is 46.0 Å². The molecule has 5 nitrogen and oxygen atoms in total. The summed E-state index contributed by atoms with van der Waals surface area (Å²) in [5, 5.41) is 3.96. The van der Waals surface area contributed by atoms with Crippen LogP contribution in [0, 0.1) is 6.92 Å². The van der Waals surface area contributed by atoms with Crippen LogP contribution in [0.1, 0.15) is 37.5 Å². The Kier molecular flexibility index (Phi) is 7.02. The Morgan fingerprint density at radius 2 is 1.89 bits per heavy atom. The SMILES string of the molecule is COc1ccc(C=NNC(=O)COc2ccc(C(C)(C)C)cc2Br)cc1C. The van der Waals surface area contributed by atoms with E-state index < -0.39 is 0 Å². The van der Waals surface area contributed by atoms with Gasteiger partial charge in [0.2, 0.25) is 0 Å². The number of nitrogens with zero attached hydrogens (tertiary/aromatic N) is 1. The lowest BCUT2D eigenvalue weighted by atomic mass is 9.87. The summed E-state index contributed by atoms with van der Waals surface area (Å²) in [5.74, 6) is 1.10. The standard InChI is InChI=1S/C21H25BrN2O3/c1-14-10-15(6-8-18(14)26-5)12-23-24-20(25)13-27-19-9-7-16(11-17(19)22)21(2,3)4/h6-12H,13H2,1-5H3,(H,24,25). The lowest BCUT2D eigenvalue weighted by Gasteiger charge is -2.20. The zero-order chi connectivity index (χ0) is 20.0. The topological polar surface area (TPSA) is 59.9 Å². The van der Waals surface area contributed by atoms with E-state index in [2.05, 4.69) is 47.2 Å². The molecule has 2 aromatic rings. The highest BCUT2D eigenvalue weighted by molar-refractivity contribution is 9.10. The molecule has 144 valence electrons. The lowest BCUT2D eigenvalue weighted by Crippen LogP contribution is -2.24. The molecule has 0 aliphatic carbocycles. The van der Waals surface area contributed by atoms with Gasteiger partial charge in [-0.2, -0.15) is 5.10 Å². The number of methoxy groups -OCH3 is 1. The number of carbonyl (C=O) groups excluding carboxylic acids is 1. The molecule has 0 saturated heterocycles. The molecule has 2 rings (SSSR count). The Balaban J connectivity index is 1.88. The van der Waals surface area contributed by atoms with Crippen LogP contribution >= 0.6 is 15.9 Å². The molecule has 0 atom stereocenters. The predicted molar refractivity (Wildman–Crippen MR) is 112 cm³/mol. The molecule has 0 radical (unpaired) electrons. The van der Waals surface area contributed by atoms with Gasteiger partial charge in [-0.25, -0.2) is 5.43 Å². The predicted octanol–water partition coefficient (Wildman–Crippen LogP) is 4.59. The van der Waals surface area contributed by atoms with E-state index in [-0.39, 0.29) is 17.9 Å². The minimum atomic E-state index is -0.330. The summed E-state index contributed by atoms with van der Waals surface area (Å²) in [6.07, 6.45) is 1.58. The van der Waals surface area contributed by atoms with Crippen molar-refractivity contribution in [2.75, 3.05) is 13.7 Å². The quantitative estimate of drug-likeness (QED) is 0.536. The van der Waals surface area contributed by atoms with E-state index in [1.54, 1.807) is 13.3 Å². The van der Waals surface area contributed by atoms with E-state index in [0.717, 1.165) is 21.3 Å². The molecular weight excluding hydrogens is 408 g/mol. The van der Waals surface area contributed by atoms with Gasteiger partial charge in [0.25, 0.3) is 5.91 Å². The molecule has 0 bridgehead atoms. The van der Waals surface area contributed by atoms with Gasteiger partial charge < -0.3 is 9.47 Å². The first-order valence-electron chi connectivity index (χ1n) is 8.60. The van der Waals surface area contributed by atoms with Crippen LogP contribution in [-0.2, 0) is 10.2 Å². The highest BCUT2D eigenvalue weighted by Gasteiger charge is 2.15. The van der Waals surface area contributed by atoms with Crippen molar-refractivity contribution in [3.63, 3.8) is 0 Å². The van der Waals surface area contributed by atoms with Gasteiger partial charge in [0, 0.05) is 0 Å². The molecule has 1 N–H and O–H groups in total. The summed E-state index contributed by atoms with van der Waals surface area (Å²) >= 11 is 3.49. The zero-order valence-electron chi connectivity index (χ0n) is 16.3. The molecule has 0 aliphatic heterocycles. The van der Waals surface area contributed by atoms with Crippen molar-refractivity contribution in [1.29, 1.82) is 0 Å². The van der Waals surface area contributed by atoms with Crippen LogP contribution in [0.25, 0.3) is 0 Å². The van der Waals surface area contributed by atoms with Crippen molar-refractivity contribution < 1.29 is 14.3 Å². The molecular formula is C21H25BrN2O3. The van der Waals surface area contributed by atoms with Gasteiger partial charge in [-0.1, -0.05) is 26.8 Å². The van der Waals surface area contributed by atoms with Gasteiger partial charge in [0.15, 0.2) is 6.61 Å². The number of aryl methyl sites for hydroxylation is 1. The van der Waals surface area contributed by atoms with Crippen LogP contribution in [0.2, 0.25) is 0 Å². The van der Waals surface area contributed by atoms with Gasteiger partial charge in [-0.05, 0) is 75.3 Å². The highest BCUT2D eigenvalue weighted by Crippen LogP contribution is 2.31. The smallest absolute Gasteiger partial charge is 0.277 e. The second kappa shape index (κ2) is 9.04. The van der Waals surface area contributed by atoms with Crippen molar-refractivity contribution in [3.8, 4) is 11.5 Å². The number of nitrogens with one attached hydrogen (secondary N) is 1. The van der Waals surface area contributed by atoms with Crippen LogP contribution < -0.4 is 14.9 Å². The first-order chi connectivity index (χ1) is 12.7. The van der Waals surface area contributed by atoms with Gasteiger partial charge >= 0.3 is 0 Å². The van der Waals surface area contributed by atoms with E-state index >= 15 is 0 Å². The van der Waals surface area contributed by atoms with Crippen LogP contribution in [0.5, 0.6) is 11.5 Å². The number of amides is 1. The minimum Gasteiger partial charge on any atom is -0.496 e. The fourth-order valence-corrected chi connectivity index (χ4v) is 2.91. The second-order valence-electron chi connectivity index (χ2n) is 7.21. The number of ether oxygens (including phenoxy) is 2. The zero-order valence-corrected chi connectivity index (χ0v) is 17.9. The number of halogens is 1. The summed E-state index contributed by atoms with van der Waals surface area (Å²) in [5.41, 5.74) is 5.57. The van der Waals surface area contributed by atoms with Crippen molar-refractivity contribution in [2.45, 2.75) is 33.1 Å². The summed E-state index contributed by atoms with van der Waals surface area (Å²) in [6.45, 7) is 8.26. The molecule has 6 heteroatoms. The number of hydrogen-bond acceptors (Lipinski definition) is 4. The largest absolute Gasteiger partial charge is 0.496 e. The van der Waals surface area contributed by atoms with Crippen molar-refractivity contribution >= 4 is 28.1 Å².